The van der Waals surface area contributed by atoms with Crippen LogP contribution in [0.4, 0.5) is 0 Å². The fourth-order valence-corrected chi connectivity index (χ4v) is 2.10. The van der Waals surface area contributed by atoms with E-state index in [1.165, 1.54) is 5.56 Å². The van der Waals surface area contributed by atoms with Crippen molar-refractivity contribution < 1.29 is 0 Å². The van der Waals surface area contributed by atoms with Gasteiger partial charge in [0.25, 0.3) is 0 Å². The van der Waals surface area contributed by atoms with Crippen LogP contribution in [0.2, 0.25) is 5.02 Å². The van der Waals surface area contributed by atoms with Crippen molar-refractivity contribution in [2.24, 2.45) is 5.73 Å². The Morgan fingerprint density at radius 1 is 1.31 bits per heavy atom. The van der Waals surface area contributed by atoms with Crippen LogP contribution in [-0.4, -0.2) is 11.5 Å². The van der Waals surface area contributed by atoms with Gasteiger partial charge in [0.05, 0.1) is 5.52 Å². The molecule has 0 aliphatic heterocycles. The van der Waals surface area contributed by atoms with Crippen LogP contribution < -0.4 is 5.73 Å². The van der Waals surface area contributed by atoms with E-state index in [0.717, 1.165) is 34.5 Å². The number of nitrogens with two attached hydrogens (primary N) is 1. The van der Waals surface area contributed by atoms with Crippen LogP contribution in [0.1, 0.15) is 17.7 Å². The molecule has 1 heterocycles. The van der Waals surface area contributed by atoms with Crippen molar-refractivity contribution in [1.29, 1.82) is 0 Å². The largest absolute Gasteiger partial charge is 0.330 e. The molecule has 0 bridgehead atoms. The van der Waals surface area contributed by atoms with Crippen molar-refractivity contribution in [2.45, 2.75) is 19.8 Å². The number of hydrogen-bond acceptors (Lipinski definition) is 2. The van der Waals surface area contributed by atoms with Crippen molar-refractivity contribution in [3.05, 3.63) is 40.5 Å². The summed E-state index contributed by atoms with van der Waals surface area (Å²) in [5.41, 5.74) is 8.81. The summed E-state index contributed by atoms with van der Waals surface area (Å²) in [5, 5.41) is 1.87. The van der Waals surface area contributed by atoms with Crippen molar-refractivity contribution >= 4 is 22.5 Å². The van der Waals surface area contributed by atoms with E-state index < -0.39 is 0 Å². The third-order valence-corrected chi connectivity index (χ3v) is 2.84. The lowest BCUT2D eigenvalue weighted by Crippen LogP contribution is -2.01. The molecule has 0 saturated heterocycles. The molecule has 3 heteroatoms. The monoisotopic (exact) mass is 234 g/mol. The first-order valence-electron chi connectivity index (χ1n) is 5.46. The Hall–Kier alpha value is -1.12. The molecule has 0 spiro atoms. The summed E-state index contributed by atoms with van der Waals surface area (Å²) in [5.74, 6) is 0. The number of benzene rings is 1. The molecule has 0 amide bonds. The first-order valence-corrected chi connectivity index (χ1v) is 5.84. The number of hydrogen-bond donors (Lipinski definition) is 1. The molecule has 0 unspecified atom stereocenters. The fourth-order valence-electron chi connectivity index (χ4n) is 1.85. The van der Waals surface area contributed by atoms with Gasteiger partial charge in [-0.1, -0.05) is 17.7 Å². The van der Waals surface area contributed by atoms with Crippen LogP contribution >= 0.6 is 11.6 Å². The molecule has 1 aromatic heterocycles. The average Bonchev–Trinajstić information content (AvgIpc) is 2.26. The maximum Gasteiger partial charge on any atom is 0.0738 e. The van der Waals surface area contributed by atoms with E-state index in [1.807, 2.05) is 25.1 Å². The van der Waals surface area contributed by atoms with Crippen molar-refractivity contribution in [3.63, 3.8) is 0 Å². The lowest BCUT2D eigenvalue weighted by Gasteiger charge is -2.07. The zero-order valence-corrected chi connectivity index (χ0v) is 10.1. The van der Waals surface area contributed by atoms with Gasteiger partial charge >= 0.3 is 0 Å². The molecule has 0 radical (unpaired) electrons. The molecule has 0 saturated carbocycles. The van der Waals surface area contributed by atoms with E-state index in [-0.39, 0.29) is 0 Å². The molecule has 0 atom stereocenters. The summed E-state index contributed by atoms with van der Waals surface area (Å²) in [4.78, 5) is 4.57. The van der Waals surface area contributed by atoms with Gasteiger partial charge < -0.3 is 5.73 Å². The Labute approximate surface area is 100 Å². The molecule has 0 aliphatic rings. The number of halogens is 1. The first kappa shape index (κ1) is 11.4. The Morgan fingerprint density at radius 2 is 2.12 bits per heavy atom. The zero-order valence-electron chi connectivity index (χ0n) is 9.33. The van der Waals surface area contributed by atoms with Crippen LogP contribution in [0, 0.1) is 6.92 Å². The van der Waals surface area contributed by atoms with Crippen molar-refractivity contribution in [3.8, 4) is 0 Å². The van der Waals surface area contributed by atoms with E-state index in [9.17, 15) is 0 Å². The third kappa shape index (κ3) is 2.34. The van der Waals surface area contributed by atoms with Gasteiger partial charge in [-0.2, -0.15) is 0 Å². The number of pyridine rings is 1. The molecular weight excluding hydrogens is 220 g/mol. The standard InChI is InChI=1S/C13H15ClN2/c1-9-4-5-11-8-12(14)7-10(3-2-6-15)13(11)16-9/h4-5,7-8H,2-3,6,15H2,1H3. The Kier molecular flexibility index (Phi) is 3.42. The Balaban J connectivity index is 2.55. The summed E-state index contributed by atoms with van der Waals surface area (Å²) in [6, 6.07) is 8.02. The second-order valence-electron chi connectivity index (χ2n) is 3.98. The number of nitrogens with zero attached hydrogens (tertiary/aromatic N) is 1. The minimum atomic E-state index is 0.694. The second kappa shape index (κ2) is 4.81. The van der Waals surface area contributed by atoms with E-state index in [1.54, 1.807) is 0 Å². The molecule has 2 nitrogen and oxygen atoms in total. The predicted molar refractivity (Wildman–Crippen MR) is 68.9 cm³/mol. The normalized spacial score (nSPS) is 10.9. The predicted octanol–water partition coefficient (Wildman–Crippen LogP) is 3.09. The summed E-state index contributed by atoms with van der Waals surface area (Å²) >= 11 is 6.08. The smallest absolute Gasteiger partial charge is 0.0738 e. The highest BCUT2D eigenvalue weighted by Gasteiger charge is 2.04. The second-order valence-corrected chi connectivity index (χ2v) is 4.42. The van der Waals surface area contributed by atoms with Gasteiger partial charge in [-0.15, -0.1) is 0 Å². The van der Waals surface area contributed by atoms with Crippen LogP contribution in [-0.2, 0) is 6.42 Å². The number of fused-ring (bicyclic) bond motifs is 1. The summed E-state index contributed by atoms with van der Waals surface area (Å²) in [6.45, 7) is 2.70. The SMILES string of the molecule is Cc1ccc2cc(Cl)cc(CCCN)c2n1. The molecule has 1 aromatic carbocycles. The van der Waals surface area contributed by atoms with Gasteiger partial charge in [0.2, 0.25) is 0 Å². The molecule has 2 N–H and O–H groups in total. The minimum absolute atomic E-state index is 0.694. The fraction of sp³-hybridized carbons (Fsp3) is 0.308. The van der Waals surface area contributed by atoms with Crippen LogP contribution in [0.15, 0.2) is 24.3 Å². The number of rotatable bonds is 3. The molecule has 2 rings (SSSR count). The lowest BCUT2D eigenvalue weighted by atomic mass is 10.0. The number of aryl methyl sites for hydroxylation is 2. The van der Waals surface area contributed by atoms with E-state index >= 15 is 0 Å². The Bertz CT molecular complexity index is 509. The van der Waals surface area contributed by atoms with Gasteiger partial charge in [-0.3, -0.25) is 4.98 Å². The highest BCUT2D eigenvalue weighted by Crippen LogP contribution is 2.23. The topological polar surface area (TPSA) is 38.9 Å². The van der Waals surface area contributed by atoms with Gasteiger partial charge in [-0.25, -0.2) is 0 Å². The Morgan fingerprint density at radius 3 is 2.88 bits per heavy atom. The molecule has 16 heavy (non-hydrogen) atoms. The van der Waals surface area contributed by atoms with Gasteiger partial charge in [-0.05, 0) is 50.1 Å². The minimum Gasteiger partial charge on any atom is -0.330 e. The summed E-state index contributed by atoms with van der Waals surface area (Å²) in [6.07, 6.45) is 1.90. The van der Waals surface area contributed by atoms with Gasteiger partial charge in [0.1, 0.15) is 0 Å². The molecular formula is C13H15ClN2. The van der Waals surface area contributed by atoms with E-state index in [0.29, 0.717) is 6.54 Å². The summed E-state index contributed by atoms with van der Waals surface area (Å²) < 4.78 is 0. The summed E-state index contributed by atoms with van der Waals surface area (Å²) in [7, 11) is 0. The average molecular weight is 235 g/mol. The quantitative estimate of drug-likeness (QED) is 0.887. The highest BCUT2D eigenvalue weighted by molar-refractivity contribution is 6.31. The maximum absolute atomic E-state index is 6.08. The van der Waals surface area contributed by atoms with Crippen LogP contribution in [0.5, 0.6) is 0 Å². The first-order chi connectivity index (χ1) is 7.70. The van der Waals surface area contributed by atoms with Gasteiger partial charge in [0, 0.05) is 16.1 Å². The molecule has 0 fully saturated rings. The highest BCUT2D eigenvalue weighted by atomic mass is 35.5. The van der Waals surface area contributed by atoms with Crippen LogP contribution in [0.3, 0.4) is 0 Å². The van der Waals surface area contributed by atoms with Crippen LogP contribution in [0.25, 0.3) is 10.9 Å². The third-order valence-electron chi connectivity index (χ3n) is 2.63. The van der Waals surface area contributed by atoms with Gasteiger partial charge in [0.15, 0.2) is 0 Å². The number of aromatic nitrogens is 1. The lowest BCUT2D eigenvalue weighted by molar-refractivity contribution is 0.835. The van der Waals surface area contributed by atoms with E-state index in [4.69, 9.17) is 17.3 Å². The molecule has 84 valence electrons. The zero-order chi connectivity index (χ0) is 11.5. The van der Waals surface area contributed by atoms with Crippen molar-refractivity contribution in [2.75, 3.05) is 6.54 Å². The van der Waals surface area contributed by atoms with E-state index in [2.05, 4.69) is 11.1 Å². The van der Waals surface area contributed by atoms with Crippen molar-refractivity contribution in [1.82, 2.24) is 4.98 Å². The molecule has 2 aromatic rings. The molecule has 0 aliphatic carbocycles. The maximum atomic E-state index is 6.08.